The summed E-state index contributed by atoms with van der Waals surface area (Å²) >= 11 is 0. The van der Waals surface area contributed by atoms with Crippen molar-refractivity contribution in [1.82, 2.24) is 9.88 Å². The number of alkyl halides is 3. The van der Waals surface area contributed by atoms with E-state index in [-0.39, 0.29) is 10.6 Å². The smallest absolute Gasteiger partial charge is 0.406 e. The van der Waals surface area contributed by atoms with E-state index in [1.165, 1.54) is 30.3 Å². The Morgan fingerprint density at radius 3 is 2.29 bits per heavy atom. The van der Waals surface area contributed by atoms with Gasteiger partial charge in [0, 0.05) is 55.4 Å². The van der Waals surface area contributed by atoms with Gasteiger partial charge in [-0.15, -0.1) is 13.2 Å². The maximum Gasteiger partial charge on any atom is 0.573 e. The standard InChI is InChI=1S/C24H25F3N4O3S/c1-30-10-12-31(13-11-30)19-15-22(17-4-3-5-21(14-17)35(2,32)33)29-23(16-19)28-18-6-8-20(9-7-18)34-24(25,26)27/h3-9,14-16H,10-13H2,1-2H3,(H,28,29). The molecule has 186 valence electrons. The second-order valence-corrected chi connectivity index (χ2v) is 10.4. The molecule has 1 aliphatic heterocycles. The number of pyridine rings is 1. The molecule has 0 amide bonds. The summed E-state index contributed by atoms with van der Waals surface area (Å²) in [5, 5.41) is 3.13. The molecule has 0 unspecified atom stereocenters. The first-order valence-electron chi connectivity index (χ1n) is 10.9. The Morgan fingerprint density at radius 2 is 1.66 bits per heavy atom. The highest BCUT2D eigenvalue weighted by Crippen LogP contribution is 2.31. The summed E-state index contributed by atoms with van der Waals surface area (Å²) in [6.07, 6.45) is -3.61. The summed E-state index contributed by atoms with van der Waals surface area (Å²) in [7, 11) is -1.34. The lowest BCUT2D eigenvalue weighted by Crippen LogP contribution is -2.44. The van der Waals surface area contributed by atoms with E-state index in [9.17, 15) is 21.6 Å². The number of hydrogen-bond acceptors (Lipinski definition) is 7. The van der Waals surface area contributed by atoms with Gasteiger partial charge in [0.15, 0.2) is 9.84 Å². The van der Waals surface area contributed by atoms with Crippen LogP contribution in [0.15, 0.2) is 65.6 Å². The van der Waals surface area contributed by atoms with Crippen LogP contribution in [-0.2, 0) is 9.84 Å². The van der Waals surface area contributed by atoms with Gasteiger partial charge in [0.05, 0.1) is 10.6 Å². The highest BCUT2D eigenvalue weighted by molar-refractivity contribution is 7.90. The highest BCUT2D eigenvalue weighted by atomic mass is 32.2. The molecule has 35 heavy (non-hydrogen) atoms. The zero-order valence-corrected chi connectivity index (χ0v) is 20.0. The third kappa shape index (κ3) is 6.64. The summed E-state index contributed by atoms with van der Waals surface area (Å²) in [5.41, 5.74) is 2.65. The average Bonchev–Trinajstić information content (AvgIpc) is 2.79. The summed E-state index contributed by atoms with van der Waals surface area (Å²) in [6, 6.07) is 15.7. The van der Waals surface area contributed by atoms with Crippen LogP contribution < -0.4 is 15.0 Å². The van der Waals surface area contributed by atoms with Crippen molar-refractivity contribution < 1.29 is 26.3 Å². The molecular weight excluding hydrogens is 481 g/mol. The molecule has 2 heterocycles. The number of benzene rings is 2. The first-order chi connectivity index (χ1) is 16.5. The number of sulfone groups is 1. The molecule has 1 N–H and O–H groups in total. The maximum atomic E-state index is 12.4. The Bertz CT molecular complexity index is 1290. The zero-order valence-electron chi connectivity index (χ0n) is 19.2. The molecule has 11 heteroatoms. The molecule has 2 aromatic carbocycles. The lowest BCUT2D eigenvalue weighted by atomic mass is 10.1. The fourth-order valence-corrected chi connectivity index (χ4v) is 4.42. The predicted octanol–water partition coefficient (Wildman–Crippen LogP) is 4.55. The summed E-state index contributed by atoms with van der Waals surface area (Å²) in [4.78, 5) is 9.30. The van der Waals surface area contributed by atoms with Gasteiger partial charge in [-0.1, -0.05) is 12.1 Å². The van der Waals surface area contributed by atoms with E-state index in [0.717, 1.165) is 38.1 Å². The van der Waals surface area contributed by atoms with Crippen LogP contribution in [0, 0.1) is 0 Å². The van der Waals surface area contributed by atoms with Crippen LogP contribution in [0.1, 0.15) is 0 Å². The minimum Gasteiger partial charge on any atom is -0.406 e. The van der Waals surface area contributed by atoms with Crippen LogP contribution in [0.5, 0.6) is 5.75 Å². The van der Waals surface area contributed by atoms with E-state index in [1.54, 1.807) is 18.2 Å². The normalized spacial score (nSPS) is 15.2. The van der Waals surface area contributed by atoms with Gasteiger partial charge in [-0.2, -0.15) is 0 Å². The predicted molar refractivity (Wildman–Crippen MR) is 129 cm³/mol. The second kappa shape index (κ2) is 9.74. The molecule has 0 atom stereocenters. The van der Waals surface area contributed by atoms with E-state index in [4.69, 9.17) is 0 Å². The molecule has 1 aromatic heterocycles. The van der Waals surface area contributed by atoms with Gasteiger partial charge in [0.25, 0.3) is 0 Å². The van der Waals surface area contributed by atoms with Crippen molar-refractivity contribution in [1.29, 1.82) is 0 Å². The van der Waals surface area contributed by atoms with Crippen LogP contribution in [-0.4, -0.2) is 64.1 Å². The number of ether oxygens (including phenoxy) is 1. The van der Waals surface area contributed by atoms with Crippen molar-refractivity contribution >= 4 is 27.0 Å². The first-order valence-corrected chi connectivity index (χ1v) is 12.7. The molecule has 0 spiro atoms. The molecule has 3 aromatic rings. The van der Waals surface area contributed by atoms with E-state index in [2.05, 4.69) is 31.9 Å². The minimum absolute atomic E-state index is 0.191. The minimum atomic E-state index is -4.76. The molecule has 0 saturated carbocycles. The van der Waals surface area contributed by atoms with Crippen LogP contribution in [0.25, 0.3) is 11.3 Å². The van der Waals surface area contributed by atoms with Gasteiger partial charge in [-0.3, -0.25) is 0 Å². The molecule has 0 radical (unpaired) electrons. The summed E-state index contributed by atoms with van der Waals surface area (Å²) in [5.74, 6) is 0.158. The number of halogens is 3. The van der Waals surface area contributed by atoms with E-state index in [1.807, 2.05) is 12.1 Å². The first kappa shape index (κ1) is 24.8. The Kier molecular flexibility index (Phi) is 6.91. The summed E-state index contributed by atoms with van der Waals surface area (Å²) in [6.45, 7) is 3.41. The van der Waals surface area contributed by atoms with E-state index >= 15 is 0 Å². The lowest BCUT2D eigenvalue weighted by Gasteiger charge is -2.34. The van der Waals surface area contributed by atoms with Crippen LogP contribution >= 0.6 is 0 Å². The molecule has 0 aliphatic carbocycles. The van der Waals surface area contributed by atoms with Crippen LogP contribution in [0.3, 0.4) is 0 Å². The van der Waals surface area contributed by atoms with Crippen molar-refractivity contribution in [2.75, 3.05) is 49.7 Å². The van der Waals surface area contributed by atoms with Crippen molar-refractivity contribution in [3.63, 3.8) is 0 Å². The Hall–Kier alpha value is -3.31. The van der Waals surface area contributed by atoms with Gasteiger partial charge in [-0.05, 0) is 49.5 Å². The molecule has 1 saturated heterocycles. The Labute approximate surface area is 202 Å². The van der Waals surface area contributed by atoms with Crippen molar-refractivity contribution in [2.24, 2.45) is 0 Å². The quantitative estimate of drug-likeness (QED) is 0.526. The van der Waals surface area contributed by atoms with Gasteiger partial charge in [0.1, 0.15) is 11.6 Å². The number of likely N-dealkylation sites (N-methyl/N-ethyl adjacent to an activating group) is 1. The van der Waals surface area contributed by atoms with Crippen LogP contribution in [0.2, 0.25) is 0 Å². The Balaban J connectivity index is 1.68. The number of hydrogen-bond donors (Lipinski definition) is 1. The largest absolute Gasteiger partial charge is 0.573 e. The van der Waals surface area contributed by atoms with Crippen molar-refractivity contribution in [3.05, 3.63) is 60.7 Å². The third-order valence-corrected chi connectivity index (χ3v) is 6.71. The van der Waals surface area contributed by atoms with Crippen LogP contribution in [0.4, 0.5) is 30.4 Å². The lowest BCUT2D eigenvalue weighted by molar-refractivity contribution is -0.274. The molecule has 0 bridgehead atoms. The maximum absolute atomic E-state index is 12.4. The number of nitrogens with one attached hydrogen (secondary N) is 1. The van der Waals surface area contributed by atoms with Crippen molar-refractivity contribution in [3.8, 4) is 17.0 Å². The topological polar surface area (TPSA) is 74.8 Å². The fourth-order valence-electron chi connectivity index (χ4n) is 3.75. The van der Waals surface area contributed by atoms with Gasteiger partial charge >= 0.3 is 6.36 Å². The number of nitrogens with zero attached hydrogens (tertiary/aromatic N) is 3. The second-order valence-electron chi connectivity index (χ2n) is 8.38. The summed E-state index contributed by atoms with van der Waals surface area (Å²) < 4.78 is 65.4. The van der Waals surface area contributed by atoms with Gasteiger partial charge < -0.3 is 19.9 Å². The van der Waals surface area contributed by atoms with Gasteiger partial charge in [-0.25, -0.2) is 13.4 Å². The zero-order chi connectivity index (χ0) is 25.2. The Morgan fingerprint density at radius 1 is 0.971 bits per heavy atom. The molecule has 4 rings (SSSR count). The molecule has 1 fully saturated rings. The highest BCUT2D eigenvalue weighted by Gasteiger charge is 2.31. The molecule has 1 aliphatic rings. The SMILES string of the molecule is CN1CCN(c2cc(Nc3ccc(OC(F)(F)F)cc3)nc(-c3cccc(S(C)(=O)=O)c3)c2)CC1. The number of anilines is 3. The average molecular weight is 507 g/mol. The molecule has 7 nitrogen and oxygen atoms in total. The number of piperazine rings is 1. The van der Waals surface area contributed by atoms with E-state index in [0.29, 0.717) is 22.8 Å². The van der Waals surface area contributed by atoms with Gasteiger partial charge in [0.2, 0.25) is 0 Å². The van der Waals surface area contributed by atoms with E-state index < -0.39 is 16.2 Å². The number of rotatable bonds is 6. The number of aromatic nitrogens is 1. The third-order valence-electron chi connectivity index (χ3n) is 5.60. The van der Waals surface area contributed by atoms with Crippen molar-refractivity contribution in [2.45, 2.75) is 11.3 Å². The fraction of sp³-hybridized carbons (Fsp3) is 0.292. The molecular formula is C24H25F3N4O3S. The monoisotopic (exact) mass is 506 g/mol.